The van der Waals surface area contributed by atoms with Gasteiger partial charge in [0.1, 0.15) is 0 Å². The average molecular weight is 737 g/mol. The molecule has 0 spiro atoms. The zero-order chi connectivity index (χ0) is 37.9. The maximum absolute atomic E-state index is 3.23. The van der Waals surface area contributed by atoms with Gasteiger partial charge in [-0.05, 0) is 78.9 Å². The standard InChI is InChI=1S/C54H32N4/c1-3-16-35(17-4-1)55-47-28-13-9-24-43(47)51-49(55)32-33-50-52(51)44-25-10-14-29-48(44)56(50)37-20-15-21-38(34-37)58-46-27-12-8-23-40(46)42-31-30-41-39-22-7-11-26-45(39)57(53(41)54(42)58)36-18-5-2-6-19-36/h1,3-5,7-34H. The summed E-state index contributed by atoms with van der Waals surface area (Å²) in [5.74, 6) is 0. The Morgan fingerprint density at radius 2 is 0.776 bits per heavy atom. The lowest BCUT2D eigenvalue weighted by Gasteiger charge is -2.15. The molecule has 0 atom stereocenters. The van der Waals surface area contributed by atoms with E-state index in [0.717, 1.165) is 22.8 Å². The number of hydrogen-bond donors (Lipinski definition) is 0. The van der Waals surface area contributed by atoms with E-state index in [4.69, 9.17) is 0 Å². The van der Waals surface area contributed by atoms with Gasteiger partial charge < -0.3 is 18.3 Å². The van der Waals surface area contributed by atoms with Crippen LogP contribution < -0.4 is 0 Å². The molecule has 1 aliphatic rings. The zero-order valence-electron chi connectivity index (χ0n) is 31.3. The maximum atomic E-state index is 3.23. The molecular formula is C54H32N4. The van der Waals surface area contributed by atoms with E-state index in [-0.39, 0.29) is 0 Å². The normalized spacial score (nSPS) is 12.9. The van der Waals surface area contributed by atoms with Crippen LogP contribution in [-0.2, 0) is 0 Å². The smallest absolute Gasteiger partial charge is 0.0789 e. The Morgan fingerprint density at radius 1 is 0.310 bits per heavy atom. The first-order valence-electron chi connectivity index (χ1n) is 19.8. The fraction of sp³-hybridized carbons (Fsp3) is 0. The number of benzene rings is 8. The number of para-hydroxylation sites is 5. The molecule has 4 heterocycles. The molecule has 0 saturated heterocycles. The topological polar surface area (TPSA) is 19.7 Å². The Morgan fingerprint density at radius 3 is 1.36 bits per heavy atom. The van der Waals surface area contributed by atoms with Gasteiger partial charge in [0.05, 0.1) is 49.8 Å². The van der Waals surface area contributed by atoms with E-state index in [1.54, 1.807) is 0 Å². The van der Waals surface area contributed by atoms with E-state index in [9.17, 15) is 0 Å². The summed E-state index contributed by atoms with van der Waals surface area (Å²) >= 11 is 0. The van der Waals surface area contributed by atoms with Crippen LogP contribution in [0, 0.1) is 0 Å². The summed E-state index contributed by atoms with van der Waals surface area (Å²) in [6, 6.07) is 64.3. The second-order valence-electron chi connectivity index (χ2n) is 15.2. The van der Waals surface area contributed by atoms with Crippen LogP contribution >= 0.6 is 0 Å². The molecule has 0 N–H and O–H groups in total. The molecule has 0 bridgehead atoms. The first kappa shape index (κ1) is 31.2. The van der Waals surface area contributed by atoms with Gasteiger partial charge in [-0.1, -0.05) is 121 Å². The highest BCUT2D eigenvalue weighted by Gasteiger charge is 2.23. The summed E-state index contributed by atoms with van der Waals surface area (Å²) in [4.78, 5) is 0. The van der Waals surface area contributed by atoms with E-state index in [1.165, 1.54) is 87.2 Å². The summed E-state index contributed by atoms with van der Waals surface area (Å²) < 4.78 is 9.74. The molecule has 1 aliphatic carbocycles. The van der Waals surface area contributed by atoms with Crippen LogP contribution in [0.4, 0.5) is 0 Å². The third kappa shape index (κ3) is 4.14. The number of hydrogen-bond acceptors (Lipinski definition) is 0. The van der Waals surface area contributed by atoms with Crippen LogP contribution in [0.1, 0.15) is 0 Å². The van der Waals surface area contributed by atoms with Gasteiger partial charge in [-0.15, -0.1) is 0 Å². The summed E-state index contributed by atoms with van der Waals surface area (Å²) in [6.07, 6.45) is 6.12. The van der Waals surface area contributed by atoms with Gasteiger partial charge in [-0.3, -0.25) is 0 Å². The molecule has 12 aromatic rings. The largest absolute Gasteiger partial charge is 0.309 e. The summed E-state index contributed by atoms with van der Waals surface area (Å²) in [5, 5.41) is 9.93. The van der Waals surface area contributed by atoms with E-state index in [1.807, 2.05) is 12.2 Å². The van der Waals surface area contributed by atoms with Gasteiger partial charge in [0.15, 0.2) is 0 Å². The molecule has 0 aliphatic heterocycles. The second kappa shape index (κ2) is 11.8. The van der Waals surface area contributed by atoms with Crippen molar-refractivity contribution in [2.24, 2.45) is 0 Å². The minimum atomic E-state index is 1.06. The van der Waals surface area contributed by atoms with Crippen LogP contribution in [0.5, 0.6) is 0 Å². The molecule has 268 valence electrons. The lowest BCUT2D eigenvalue weighted by atomic mass is 10.1. The molecule has 4 heteroatoms. The Bertz CT molecular complexity index is 3870. The van der Waals surface area contributed by atoms with Crippen molar-refractivity contribution in [3.05, 3.63) is 206 Å². The van der Waals surface area contributed by atoms with E-state index < -0.39 is 0 Å². The van der Waals surface area contributed by atoms with Crippen LogP contribution in [0.15, 0.2) is 206 Å². The minimum absolute atomic E-state index is 1.06. The Balaban J connectivity index is 1.13. The molecule has 0 fully saturated rings. The van der Waals surface area contributed by atoms with Crippen molar-refractivity contribution in [3.8, 4) is 17.1 Å². The molecule has 4 aromatic heterocycles. The van der Waals surface area contributed by atoms with Gasteiger partial charge in [0.25, 0.3) is 0 Å². The van der Waals surface area contributed by atoms with Crippen molar-refractivity contribution in [3.63, 3.8) is 0 Å². The number of nitrogens with zero attached hydrogens (tertiary/aromatic N) is 4. The molecule has 0 unspecified atom stereocenters. The van der Waals surface area contributed by atoms with Crippen molar-refractivity contribution in [1.82, 2.24) is 18.3 Å². The van der Waals surface area contributed by atoms with Gasteiger partial charge in [-0.25, -0.2) is 0 Å². The number of fused-ring (bicyclic) bond motifs is 14. The molecule has 8 aromatic carbocycles. The molecule has 58 heavy (non-hydrogen) atoms. The molecule has 4 nitrogen and oxygen atoms in total. The van der Waals surface area contributed by atoms with Crippen LogP contribution in [0.3, 0.4) is 0 Å². The van der Waals surface area contributed by atoms with E-state index in [0.29, 0.717) is 0 Å². The zero-order valence-corrected chi connectivity index (χ0v) is 31.3. The SMILES string of the molecule is C1=C=CC(n2c3ccccc3c3ccc4c5ccccc5n(-c5cccc(-n6c7ccccc7c7c8c9ccccc9n(-c9ccccc9)c8ccc76)c5)c4c32)=CC=1. The Kier molecular flexibility index (Phi) is 6.33. The highest BCUT2D eigenvalue weighted by atomic mass is 15.1. The van der Waals surface area contributed by atoms with Crippen LogP contribution in [0.2, 0.25) is 0 Å². The first-order chi connectivity index (χ1) is 28.8. The predicted molar refractivity (Wildman–Crippen MR) is 243 cm³/mol. The fourth-order valence-electron chi connectivity index (χ4n) is 9.94. The van der Waals surface area contributed by atoms with Gasteiger partial charge in [0, 0.05) is 66.2 Å². The average Bonchev–Trinajstić information content (AvgIpc) is 4.02. The van der Waals surface area contributed by atoms with Gasteiger partial charge in [-0.2, -0.15) is 0 Å². The monoisotopic (exact) mass is 736 g/mol. The van der Waals surface area contributed by atoms with Crippen LogP contribution in [-0.4, -0.2) is 18.3 Å². The molecule has 13 rings (SSSR count). The van der Waals surface area contributed by atoms with Crippen molar-refractivity contribution in [2.75, 3.05) is 0 Å². The number of allylic oxidation sites excluding steroid dienone is 4. The number of aromatic nitrogens is 4. The van der Waals surface area contributed by atoms with Crippen molar-refractivity contribution < 1.29 is 0 Å². The highest BCUT2D eigenvalue weighted by Crippen LogP contribution is 2.44. The highest BCUT2D eigenvalue weighted by molar-refractivity contribution is 6.29. The third-order valence-corrected chi connectivity index (χ3v) is 12.2. The van der Waals surface area contributed by atoms with Crippen molar-refractivity contribution in [2.45, 2.75) is 0 Å². The lowest BCUT2D eigenvalue weighted by Crippen LogP contribution is -2.01. The third-order valence-electron chi connectivity index (χ3n) is 12.2. The Labute approximate surface area is 332 Å². The first-order valence-corrected chi connectivity index (χ1v) is 19.8. The van der Waals surface area contributed by atoms with Gasteiger partial charge >= 0.3 is 0 Å². The summed E-state index contributed by atoms with van der Waals surface area (Å²) in [5.41, 5.74) is 20.2. The summed E-state index contributed by atoms with van der Waals surface area (Å²) in [6.45, 7) is 0. The molecule has 0 radical (unpaired) electrons. The molecule has 0 amide bonds. The van der Waals surface area contributed by atoms with Gasteiger partial charge in [0.2, 0.25) is 0 Å². The van der Waals surface area contributed by atoms with Crippen molar-refractivity contribution >= 4 is 92.9 Å². The van der Waals surface area contributed by atoms with Crippen molar-refractivity contribution in [1.29, 1.82) is 0 Å². The predicted octanol–water partition coefficient (Wildman–Crippen LogP) is 13.8. The summed E-state index contributed by atoms with van der Waals surface area (Å²) in [7, 11) is 0. The fourth-order valence-corrected chi connectivity index (χ4v) is 9.94. The number of rotatable bonds is 4. The lowest BCUT2D eigenvalue weighted by molar-refractivity contribution is 1.13. The minimum Gasteiger partial charge on any atom is -0.309 e. The molecular weight excluding hydrogens is 705 g/mol. The van der Waals surface area contributed by atoms with E-state index in [2.05, 4.69) is 212 Å². The second-order valence-corrected chi connectivity index (χ2v) is 15.2. The van der Waals surface area contributed by atoms with E-state index >= 15 is 0 Å². The Hall–Kier alpha value is -8.00. The quantitative estimate of drug-likeness (QED) is 0.160. The van der Waals surface area contributed by atoms with Crippen LogP contribution in [0.25, 0.3) is 110 Å². The molecule has 0 saturated carbocycles. The maximum Gasteiger partial charge on any atom is 0.0789 e.